The van der Waals surface area contributed by atoms with Gasteiger partial charge in [-0.2, -0.15) is 5.10 Å². The molecule has 0 saturated carbocycles. The number of hydrogen-bond acceptors (Lipinski definition) is 2. The van der Waals surface area contributed by atoms with Crippen molar-refractivity contribution in [2.75, 3.05) is 0 Å². The molecular weight excluding hydrogens is 104 g/mol. The van der Waals surface area contributed by atoms with Crippen LogP contribution in [0.2, 0.25) is 0 Å². The SMILES string of the molecule is [c]1coc2[c]n[nH]c12. The van der Waals surface area contributed by atoms with E-state index in [9.17, 15) is 0 Å². The summed E-state index contributed by atoms with van der Waals surface area (Å²) in [6, 6.07) is 2.78. The number of aromatic amines is 1. The van der Waals surface area contributed by atoms with E-state index >= 15 is 0 Å². The van der Waals surface area contributed by atoms with Gasteiger partial charge in [-0.05, 0) is 0 Å². The summed E-state index contributed by atoms with van der Waals surface area (Å²) in [5, 5.41) is 6.23. The Morgan fingerprint density at radius 2 is 2.75 bits per heavy atom. The van der Waals surface area contributed by atoms with Gasteiger partial charge in [0.25, 0.3) is 0 Å². The van der Waals surface area contributed by atoms with Crippen LogP contribution >= 0.6 is 0 Å². The Balaban J connectivity index is 3.06. The Morgan fingerprint density at radius 1 is 1.75 bits per heavy atom. The highest BCUT2D eigenvalue weighted by Crippen LogP contribution is 2.07. The van der Waals surface area contributed by atoms with Gasteiger partial charge >= 0.3 is 0 Å². The molecule has 2 aromatic rings. The maximum absolute atomic E-state index is 4.85. The maximum atomic E-state index is 4.85. The van der Waals surface area contributed by atoms with E-state index in [1.54, 1.807) is 0 Å². The van der Waals surface area contributed by atoms with Crippen LogP contribution in [0, 0.1) is 12.3 Å². The van der Waals surface area contributed by atoms with Crippen molar-refractivity contribution in [1.82, 2.24) is 10.2 Å². The molecule has 0 aliphatic rings. The summed E-state index contributed by atoms with van der Waals surface area (Å²) in [5.41, 5.74) is 1.40. The van der Waals surface area contributed by atoms with E-state index < -0.39 is 0 Å². The average molecular weight is 106 g/mol. The van der Waals surface area contributed by atoms with Gasteiger partial charge in [-0.15, -0.1) is 0 Å². The van der Waals surface area contributed by atoms with Gasteiger partial charge in [-0.25, -0.2) is 0 Å². The third-order valence-corrected chi connectivity index (χ3v) is 0.932. The van der Waals surface area contributed by atoms with Crippen LogP contribution in [0.1, 0.15) is 0 Å². The fraction of sp³-hybridized carbons (Fsp3) is 0. The zero-order chi connectivity index (χ0) is 5.40. The molecule has 0 spiro atoms. The molecule has 2 heterocycles. The minimum Gasteiger partial charge on any atom is -0.460 e. The standard InChI is InChI=1S/C5H2N2O/c1-2-8-5-3-6-7-4(1)5/h2H,(H,6,7). The Morgan fingerprint density at radius 3 is 3.62 bits per heavy atom. The predicted molar refractivity (Wildman–Crippen MR) is 26.0 cm³/mol. The summed E-state index contributed by atoms with van der Waals surface area (Å²) >= 11 is 0. The molecule has 2 radical (unpaired) electrons. The molecule has 3 heteroatoms. The van der Waals surface area contributed by atoms with Crippen molar-refractivity contribution in [2.24, 2.45) is 0 Å². The van der Waals surface area contributed by atoms with Gasteiger partial charge in [0, 0.05) is 0 Å². The quantitative estimate of drug-likeness (QED) is 0.538. The molecule has 0 bridgehead atoms. The lowest BCUT2D eigenvalue weighted by molar-refractivity contribution is 0.614. The van der Waals surface area contributed by atoms with Crippen LogP contribution in [0.5, 0.6) is 0 Å². The van der Waals surface area contributed by atoms with E-state index in [0.29, 0.717) is 5.58 Å². The highest BCUT2D eigenvalue weighted by molar-refractivity contribution is 5.69. The second kappa shape index (κ2) is 1.12. The number of furan rings is 1. The van der Waals surface area contributed by atoms with E-state index in [0.717, 1.165) is 5.52 Å². The molecule has 3 nitrogen and oxygen atoms in total. The van der Waals surface area contributed by atoms with Crippen molar-refractivity contribution in [3.8, 4) is 0 Å². The molecule has 38 valence electrons. The summed E-state index contributed by atoms with van der Waals surface area (Å²) < 4.78 is 4.85. The van der Waals surface area contributed by atoms with Crippen molar-refractivity contribution < 1.29 is 4.42 Å². The van der Waals surface area contributed by atoms with Crippen molar-refractivity contribution in [2.45, 2.75) is 0 Å². The number of nitrogens with zero attached hydrogens (tertiary/aromatic N) is 1. The molecule has 0 atom stereocenters. The highest BCUT2D eigenvalue weighted by Gasteiger charge is 1.94. The molecule has 0 aromatic carbocycles. The number of rotatable bonds is 0. The van der Waals surface area contributed by atoms with E-state index in [4.69, 9.17) is 4.42 Å². The molecule has 0 aliphatic carbocycles. The Kier molecular flexibility index (Phi) is 0.521. The molecule has 0 aliphatic heterocycles. The van der Waals surface area contributed by atoms with Crippen LogP contribution in [0.15, 0.2) is 10.7 Å². The maximum Gasteiger partial charge on any atom is 0.182 e. The van der Waals surface area contributed by atoms with Gasteiger partial charge in [0.05, 0.1) is 6.07 Å². The van der Waals surface area contributed by atoms with E-state index in [1.165, 1.54) is 6.26 Å². The molecule has 2 aromatic heterocycles. The van der Waals surface area contributed by atoms with Crippen LogP contribution in [-0.4, -0.2) is 10.2 Å². The van der Waals surface area contributed by atoms with Crippen LogP contribution in [0.3, 0.4) is 0 Å². The Bertz CT molecular complexity index is 232. The zero-order valence-electron chi connectivity index (χ0n) is 3.93. The Labute approximate surface area is 45.3 Å². The fourth-order valence-electron chi connectivity index (χ4n) is 0.572. The molecular formula is C5H2N2O. The van der Waals surface area contributed by atoms with Crippen molar-refractivity contribution in [3.05, 3.63) is 18.5 Å². The number of H-pyrrole nitrogens is 1. The Hall–Kier alpha value is -1.25. The minimum atomic E-state index is 0.630. The monoisotopic (exact) mass is 106 g/mol. The number of fused-ring (bicyclic) bond motifs is 1. The fourth-order valence-corrected chi connectivity index (χ4v) is 0.572. The minimum absolute atomic E-state index is 0.630. The van der Waals surface area contributed by atoms with E-state index in [1.807, 2.05) is 0 Å². The van der Waals surface area contributed by atoms with Crippen molar-refractivity contribution >= 4 is 11.1 Å². The molecule has 2 rings (SSSR count). The van der Waals surface area contributed by atoms with Gasteiger partial charge in [0.1, 0.15) is 11.8 Å². The summed E-state index contributed by atoms with van der Waals surface area (Å²) in [4.78, 5) is 0. The summed E-state index contributed by atoms with van der Waals surface area (Å²) in [7, 11) is 0. The summed E-state index contributed by atoms with van der Waals surface area (Å²) in [5.74, 6) is 0. The van der Waals surface area contributed by atoms with Crippen LogP contribution < -0.4 is 0 Å². The summed E-state index contributed by atoms with van der Waals surface area (Å²) in [6.45, 7) is 0. The number of hydrogen-bond donors (Lipinski definition) is 1. The second-order valence-electron chi connectivity index (χ2n) is 1.42. The highest BCUT2D eigenvalue weighted by atomic mass is 16.3. The lowest BCUT2D eigenvalue weighted by Gasteiger charge is -1.62. The average Bonchev–Trinajstić information content (AvgIpc) is 2.15. The van der Waals surface area contributed by atoms with Crippen LogP contribution in [-0.2, 0) is 0 Å². The van der Waals surface area contributed by atoms with Gasteiger partial charge < -0.3 is 4.42 Å². The third-order valence-electron chi connectivity index (χ3n) is 0.932. The number of nitrogens with one attached hydrogen (secondary N) is 1. The lowest BCUT2D eigenvalue weighted by atomic mass is 10.5. The van der Waals surface area contributed by atoms with Gasteiger partial charge in [0.15, 0.2) is 11.8 Å². The van der Waals surface area contributed by atoms with E-state index in [-0.39, 0.29) is 0 Å². The lowest BCUT2D eigenvalue weighted by Crippen LogP contribution is -1.59. The largest absolute Gasteiger partial charge is 0.460 e. The van der Waals surface area contributed by atoms with Gasteiger partial charge in [-0.3, -0.25) is 5.10 Å². The zero-order valence-corrected chi connectivity index (χ0v) is 3.93. The van der Waals surface area contributed by atoms with Crippen molar-refractivity contribution in [1.29, 1.82) is 0 Å². The molecule has 8 heavy (non-hydrogen) atoms. The van der Waals surface area contributed by atoms with E-state index in [2.05, 4.69) is 22.5 Å². The normalized spacial score (nSPS) is 10.5. The second-order valence-corrected chi connectivity index (χ2v) is 1.42. The summed E-state index contributed by atoms with van der Waals surface area (Å²) in [6.07, 6.45) is 4.07. The van der Waals surface area contributed by atoms with Gasteiger partial charge in [-0.1, -0.05) is 0 Å². The van der Waals surface area contributed by atoms with Crippen LogP contribution in [0.4, 0.5) is 0 Å². The van der Waals surface area contributed by atoms with Gasteiger partial charge in [0.2, 0.25) is 0 Å². The van der Waals surface area contributed by atoms with Crippen LogP contribution in [0.25, 0.3) is 11.1 Å². The molecule has 0 unspecified atom stereocenters. The molecule has 0 fully saturated rings. The number of aromatic nitrogens is 2. The first-order valence-electron chi connectivity index (χ1n) is 2.18. The molecule has 1 N–H and O–H groups in total. The predicted octanol–water partition coefficient (Wildman–Crippen LogP) is 0.756. The first-order chi connectivity index (χ1) is 3.97. The molecule has 0 saturated heterocycles. The topological polar surface area (TPSA) is 41.8 Å². The molecule has 0 amide bonds. The smallest absolute Gasteiger partial charge is 0.182 e. The van der Waals surface area contributed by atoms with Crippen molar-refractivity contribution in [3.63, 3.8) is 0 Å². The first-order valence-corrected chi connectivity index (χ1v) is 2.18. The third kappa shape index (κ3) is 0.307. The first kappa shape index (κ1) is 3.72.